The van der Waals surface area contributed by atoms with Gasteiger partial charge in [-0.2, -0.15) is 0 Å². The van der Waals surface area contributed by atoms with Crippen LogP contribution in [0.1, 0.15) is 50.3 Å². The van der Waals surface area contributed by atoms with E-state index in [1.807, 2.05) is 58.0 Å². The lowest BCUT2D eigenvalue weighted by Crippen LogP contribution is -2.41. The topological polar surface area (TPSA) is 103 Å². The number of carbonyl (C=O) groups excluding carboxylic acids is 1. The molecule has 1 heterocycles. The maximum Gasteiger partial charge on any atom is 0.492 e. The Labute approximate surface area is 223 Å². The second kappa shape index (κ2) is 9.85. The number of phenols is 1. The Morgan fingerprint density at radius 2 is 1.58 bits per heavy atom. The Kier molecular flexibility index (Phi) is 6.71. The van der Waals surface area contributed by atoms with Gasteiger partial charge in [0.15, 0.2) is 0 Å². The number of alkyl carbamates (subject to hydrolysis) is 1. The van der Waals surface area contributed by atoms with Crippen LogP contribution in [-0.4, -0.2) is 42.7 Å². The number of hydrogen-bond acceptors (Lipinski definition) is 6. The van der Waals surface area contributed by atoms with Crippen molar-refractivity contribution in [3.8, 4) is 16.9 Å². The van der Waals surface area contributed by atoms with Gasteiger partial charge in [0, 0.05) is 12.5 Å². The van der Waals surface area contributed by atoms with Crippen LogP contribution in [0.25, 0.3) is 17.2 Å². The number of fused-ring (bicyclic) bond motifs is 3. The number of hydrogen-bond donors (Lipinski definition) is 3. The molecular formula is C30H33BN2O5. The quantitative estimate of drug-likeness (QED) is 0.228. The second-order valence-electron chi connectivity index (χ2n) is 10.8. The van der Waals surface area contributed by atoms with Crippen molar-refractivity contribution in [2.24, 2.45) is 0 Å². The van der Waals surface area contributed by atoms with Gasteiger partial charge in [-0.1, -0.05) is 60.7 Å². The van der Waals surface area contributed by atoms with E-state index in [0.29, 0.717) is 5.47 Å². The molecule has 38 heavy (non-hydrogen) atoms. The third-order valence-electron chi connectivity index (χ3n) is 7.74. The highest BCUT2D eigenvalue weighted by Gasteiger charge is 2.52. The molecule has 7 nitrogen and oxygen atoms in total. The van der Waals surface area contributed by atoms with Crippen LogP contribution >= 0.6 is 0 Å². The molecule has 5 rings (SSSR count). The van der Waals surface area contributed by atoms with Gasteiger partial charge >= 0.3 is 13.2 Å². The van der Waals surface area contributed by atoms with E-state index >= 15 is 0 Å². The lowest BCUT2D eigenvalue weighted by molar-refractivity contribution is 0.00578. The van der Waals surface area contributed by atoms with E-state index in [-0.39, 0.29) is 30.5 Å². The second-order valence-corrected chi connectivity index (χ2v) is 10.8. The molecule has 1 saturated heterocycles. The lowest BCUT2D eigenvalue weighted by atomic mass is 9.77. The number of ether oxygens (including phenoxy) is 1. The summed E-state index contributed by atoms with van der Waals surface area (Å²) in [7, 11) is -0.677. The maximum atomic E-state index is 12.9. The fourth-order valence-electron chi connectivity index (χ4n) is 4.90. The van der Waals surface area contributed by atoms with Crippen molar-refractivity contribution in [1.82, 2.24) is 5.32 Å². The Hall–Kier alpha value is -3.75. The summed E-state index contributed by atoms with van der Waals surface area (Å²) in [6, 6.07) is 21.4. The fourth-order valence-corrected chi connectivity index (χ4v) is 4.90. The molecule has 0 unspecified atom stereocenters. The average Bonchev–Trinajstić information content (AvgIpc) is 3.31. The Morgan fingerprint density at radius 3 is 2.16 bits per heavy atom. The predicted molar refractivity (Wildman–Crippen MR) is 150 cm³/mol. The molecule has 1 aliphatic carbocycles. The fraction of sp³-hybridized carbons (Fsp3) is 0.300. The zero-order chi connectivity index (χ0) is 27.1. The molecule has 1 fully saturated rings. The van der Waals surface area contributed by atoms with Crippen molar-refractivity contribution < 1.29 is 23.9 Å². The van der Waals surface area contributed by atoms with Crippen LogP contribution in [0.5, 0.6) is 5.75 Å². The number of carbonyl (C=O) groups is 1. The third kappa shape index (κ3) is 4.89. The van der Waals surface area contributed by atoms with Gasteiger partial charge in [0.25, 0.3) is 0 Å². The first-order chi connectivity index (χ1) is 18.1. The molecule has 3 aromatic carbocycles. The summed E-state index contributed by atoms with van der Waals surface area (Å²) in [4.78, 5) is 12.9. The lowest BCUT2D eigenvalue weighted by Gasteiger charge is -2.32. The molecule has 3 aromatic rings. The summed E-state index contributed by atoms with van der Waals surface area (Å²) >= 11 is 0. The van der Waals surface area contributed by atoms with E-state index in [0.717, 1.165) is 16.7 Å². The number of nitrogens with two attached hydrogens (primary N) is 1. The van der Waals surface area contributed by atoms with Crippen molar-refractivity contribution >= 4 is 25.0 Å². The molecule has 0 saturated carbocycles. The first kappa shape index (κ1) is 25.9. The number of benzene rings is 3. The number of rotatable bonds is 6. The maximum absolute atomic E-state index is 12.9. The van der Waals surface area contributed by atoms with Gasteiger partial charge in [-0.05, 0) is 73.1 Å². The van der Waals surface area contributed by atoms with Crippen molar-refractivity contribution in [1.29, 1.82) is 0 Å². The van der Waals surface area contributed by atoms with Gasteiger partial charge in [0.2, 0.25) is 0 Å². The normalized spacial score (nSPS) is 17.7. The summed E-state index contributed by atoms with van der Waals surface area (Å²) in [6.07, 6.45) is 1.32. The van der Waals surface area contributed by atoms with Crippen LogP contribution in [-0.2, 0) is 14.0 Å². The summed E-state index contributed by atoms with van der Waals surface area (Å²) < 4.78 is 18.2. The zero-order valence-electron chi connectivity index (χ0n) is 22.2. The van der Waals surface area contributed by atoms with Crippen molar-refractivity contribution in [2.45, 2.75) is 44.8 Å². The number of anilines is 1. The molecule has 0 bridgehead atoms. The van der Waals surface area contributed by atoms with E-state index in [1.165, 1.54) is 17.2 Å². The molecule has 1 amide bonds. The number of nitrogen functional groups attached to an aromatic ring is 1. The molecule has 4 N–H and O–H groups in total. The van der Waals surface area contributed by atoms with Crippen molar-refractivity contribution in [3.05, 3.63) is 88.9 Å². The SMILES string of the molecule is CC1(C)OB(C(=Cc2ccc(O)c(N)c2)CNC(=O)OCC2c3ccccc3-c3ccccc32)OC1(C)C. The molecule has 0 atom stereocenters. The highest BCUT2D eigenvalue weighted by molar-refractivity contribution is 6.56. The minimum absolute atomic E-state index is 0.0103. The third-order valence-corrected chi connectivity index (χ3v) is 7.74. The van der Waals surface area contributed by atoms with Gasteiger partial charge in [0.05, 0.1) is 16.9 Å². The first-order valence-corrected chi connectivity index (χ1v) is 12.8. The summed E-state index contributed by atoms with van der Waals surface area (Å²) in [5, 5.41) is 12.7. The van der Waals surface area contributed by atoms with Crippen LogP contribution in [0.4, 0.5) is 10.5 Å². The number of nitrogens with one attached hydrogen (secondary N) is 1. The van der Waals surface area contributed by atoms with E-state index in [1.54, 1.807) is 12.1 Å². The predicted octanol–water partition coefficient (Wildman–Crippen LogP) is 5.53. The van der Waals surface area contributed by atoms with Crippen LogP contribution in [0, 0.1) is 0 Å². The molecular weight excluding hydrogens is 479 g/mol. The first-order valence-electron chi connectivity index (χ1n) is 12.8. The zero-order valence-corrected chi connectivity index (χ0v) is 22.2. The van der Waals surface area contributed by atoms with Crippen LogP contribution in [0.3, 0.4) is 0 Å². The summed E-state index contributed by atoms with van der Waals surface area (Å²) in [6.45, 7) is 8.27. The van der Waals surface area contributed by atoms with Crippen LogP contribution < -0.4 is 11.1 Å². The van der Waals surface area contributed by atoms with E-state index in [2.05, 4.69) is 29.6 Å². The molecule has 1 aliphatic heterocycles. The minimum atomic E-state index is -0.677. The number of phenolic OH excluding ortho intramolecular Hbond substituents is 1. The molecule has 2 aliphatic rings. The van der Waals surface area contributed by atoms with Gasteiger partial charge in [-0.3, -0.25) is 0 Å². The molecule has 8 heteroatoms. The monoisotopic (exact) mass is 512 g/mol. The molecule has 196 valence electrons. The van der Waals surface area contributed by atoms with Gasteiger partial charge < -0.3 is 30.2 Å². The van der Waals surface area contributed by atoms with Crippen LogP contribution in [0.2, 0.25) is 0 Å². The van der Waals surface area contributed by atoms with Crippen molar-refractivity contribution in [2.75, 3.05) is 18.9 Å². The number of amides is 1. The van der Waals surface area contributed by atoms with E-state index in [4.69, 9.17) is 19.8 Å². The molecule has 0 spiro atoms. The highest BCUT2D eigenvalue weighted by Crippen LogP contribution is 2.44. The minimum Gasteiger partial charge on any atom is -0.506 e. The molecule has 0 aromatic heterocycles. The number of aromatic hydroxyl groups is 1. The van der Waals surface area contributed by atoms with Crippen molar-refractivity contribution in [3.63, 3.8) is 0 Å². The van der Waals surface area contributed by atoms with Crippen LogP contribution in [0.15, 0.2) is 72.2 Å². The molecule has 0 radical (unpaired) electrons. The standard InChI is InChI=1S/C30H33BN2O5/c1-29(2)30(3,4)38-31(37-29)20(15-19-13-14-27(34)26(32)16-19)17-33-28(35)36-18-25-23-11-7-5-9-21(23)22-10-6-8-12-24(22)25/h5-16,25,34H,17-18,32H2,1-4H3,(H,33,35). The Morgan fingerprint density at radius 1 is 1.00 bits per heavy atom. The van der Waals surface area contributed by atoms with E-state index < -0.39 is 24.4 Å². The van der Waals surface area contributed by atoms with Gasteiger partial charge in [-0.15, -0.1) is 0 Å². The highest BCUT2D eigenvalue weighted by atomic mass is 16.7. The van der Waals surface area contributed by atoms with Gasteiger partial charge in [-0.25, -0.2) is 4.79 Å². The Bertz CT molecular complexity index is 1340. The summed E-state index contributed by atoms with van der Waals surface area (Å²) in [5.74, 6) is -0.0117. The summed E-state index contributed by atoms with van der Waals surface area (Å²) in [5.41, 5.74) is 11.2. The van der Waals surface area contributed by atoms with Gasteiger partial charge in [0.1, 0.15) is 12.4 Å². The average molecular weight is 512 g/mol. The largest absolute Gasteiger partial charge is 0.506 e. The van der Waals surface area contributed by atoms with E-state index in [9.17, 15) is 9.90 Å². The Balaban J connectivity index is 1.30. The smallest absolute Gasteiger partial charge is 0.492 e.